The molecule has 0 saturated carbocycles. The van der Waals surface area contributed by atoms with Crippen LogP contribution in [0.25, 0.3) is 0 Å². The summed E-state index contributed by atoms with van der Waals surface area (Å²) in [7, 11) is 0. The molecule has 0 bridgehead atoms. The topological polar surface area (TPSA) is 61.9 Å². The van der Waals surface area contributed by atoms with Crippen molar-refractivity contribution < 1.29 is 4.39 Å². The third-order valence-corrected chi connectivity index (χ3v) is 2.37. The molecule has 0 radical (unpaired) electrons. The van der Waals surface area contributed by atoms with Gasteiger partial charge in [-0.1, -0.05) is 29.8 Å². The number of halogens is 2. The van der Waals surface area contributed by atoms with Crippen molar-refractivity contribution in [1.82, 2.24) is 5.32 Å². The zero-order chi connectivity index (χ0) is 12.1. The van der Waals surface area contributed by atoms with Gasteiger partial charge in [-0.15, -0.1) is 0 Å². The fraction of sp³-hybridized carbons (Fsp3) is 0.182. The molecule has 3 nitrogen and oxygen atoms in total. The summed E-state index contributed by atoms with van der Waals surface area (Å²) in [6.07, 6.45) is 0. The van der Waals surface area contributed by atoms with E-state index >= 15 is 0 Å². The molecule has 0 saturated heterocycles. The summed E-state index contributed by atoms with van der Waals surface area (Å²) in [6, 6.07) is 6.38. The van der Waals surface area contributed by atoms with Gasteiger partial charge >= 0.3 is 0 Å². The van der Waals surface area contributed by atoms with E-state index in [1.165, 1.54) is 13.0 Å². The highest BCUT2D eigenvalue weighted by Crippen LogP contribution is 2.08. The van der Waals surface area contributed by atoms with Crippen LogP contribution >= 0.6 is 11.6 Å². The van der Waals surface area contributed by atoms with Crippen molar-refractivity contribution >= 4 is 17.3 Å². The minimum atomic E-state index is -0.301. The normalized spacial score (nSPS) is 11.9. The second-order valence-electron chi connectivity index (χ2n) is 3.30. The van der Waals surface area contributed by atoms with Gasteiger partial charge in [0.2, 0.25) is 0 Å². The smallest absolute Gasteiger partial charge is 0.128 e. The van der Waals surface area contributed by atoms with Gasteiger partial charge in [-0.2, -0.15) is 0 Å². The maximum Gasteiger partial charge on any atom is 0.128 e. The molecule has 0 aliphatic heterocycles. The molecule has 1 aromatic rings. The number of allylic oxidation sites excluding steroid dienone is 1. The summed E-state index contributed by atoms with van der Waals surface area (Å²) in [5.41, 5.74) is 6.36. The molecule has 5 heteroatoms. The Morgan fingerprint density at radius 1 is 1.50 bits per heavy atom. The molecule has 0 amide bonds. The Morgan fingerprint density at radius 3 is 2.69 bits per heavy atom. The van der Waals surface area contributed by atoms with E-state index < -0.39 is 0 Å². The first-order chi connectivity index (χ1) is 7.52. The Kier molecular flexibility index (Phi) is 4.31. The minimum Gasteiger partial charge on any atom is -0.395 e. The van der Waals surface area contributed by atoms with Gasteiger partial charge in [-0.25, -0.2) is 4.39 Å². The molecule has 0 spiro atoms. The minimum absolute atomic E-state index is 0.163. The molecule has 1 aromatic carbocycles. The quantitative estimate of drug-likeness (QED) is 0.560. The molecule has 0 atom stereocenters. The molecule has 1 rings (SSSR count). The molecule has 0 heterocycles. The molecule has 86 valence electrons. The first-order valence-corrected chi connectivity index (χ1v) is 5.08. The van der Waals surface area contributed by atoms with E-state index in [0.717, 1.165) is 0 Å². The van der Waals surface area contributed by atoms with Crippen LogP contribution in [0.5, 0.6) is 0 Å². The van der Waals surface area contributed by atoms with Crippen molar-refractivity contribution in [2.45, 2.75) is 13.5 Å². The largest absolute Gasteiger partial charge is 0.395 e. The lowest BCUT2D eigenvalue weighted by atomic mass is 10.2. The molecule has 0 aliphatic rings. The lowest BCUT2D eigenvalue weighted by Crippen LogP contribution is -2.18. The van der Waals surface area contributed by atoms with Crippen molar-refractivity contribution in [2.75, 3.05) is 0 Å². The van der Waals surface area contributed by atoms with Crippen LogP contribution < -0.4 is 11.1 Å². The molecule has 0 unspecified atom stereocenters. The van der Waals surface area contributed by atoms with Crippen LogP contribution in [0.1, 0.15) is 12.5 Å². The van der Waals surface area contributed by atoms with Crippen LogP contribution in [0.3, 0.4) is 0 Å². The highest BCUT2D eigenvalue weighted by atomic mass is 35.5. The van der Waals surface area contributed by atoms with E-state index in [1.807, 2.05) is 0 Å². The Balaban J connectivity index is 2.69. The molecular formula is C11H13ClFN3. The van der Waals surface area contributed by atoms with Gasteiger partial charge in [-0.3, -0.25) is 0 Å². The maximum atomic E-state index is 13.2. The van der Waals surface area contributed by atoms with Crippen LogP contribution in [0.2, 0.25) is 0 Å². The first-order valence-electron chi connectivity index (χ1n) is 4.70. The van der Waals surface area contributed by atoms with Crippen molar-refractivity contribution in [3.63, 3.8) is 0 Å². The Labute approximate surface area is 98.6 Å². The monoisotopic (exact) mass is 241 g/mol. The summed E-state index contributed by atoms with van der Waals surface area (Å²) in [5.74, 6) is -0.301. The molecule has 16 heavy (non-hydrogen) atoms. The van der Waals surface area contributed by atoms with E-state index in [0.29, 0.717) is 5.56 Å². The summed E-state index contributed by atoms with van der Waals surface area (Å²) >= 11 is 5.81. The number of hydrogen-bond donors (Lipinski definition) is 3. The average molecular weight is 242 g/mol. The molecule has 0 fully saturated rings. The van der Waals surface area contributed by atoms with Gasteiger partial charge in [0.1, 0.15) is 11.0 Å². The third kappa shape index (κ3) is 3.24. The SMILES string of the molecule is CC(=N)/C(N)=C(/Cl)NCc1ccccc1F. The average Bonchev–Trinajstić information content (AvgIpc) is 2.26. The van der Waals surface area contributed by atoms with Gasteiger partial charge in [-0.05, 0) is 13.0 Å². The zero-order valence-electron chi connectivity index (χ0n) is 8.85. The molecular weight excluding hydrogens is 229 g/mol. The van der Waals surface area contributed by atoms with Crippen LogP contribution in [0.15, 0.2) is 35.1 Å². The molecule has 0 aliphatic carbocycles. The second-order valence-corrected chi connectivity index (χ2v) is 3.68. The number of hydrogen-bond acceptors (Lipinski definition) is 3. The predicted molar refractivity (Wildman–Crippen MR) is 63.7 cm³/mol. The lowest BCUT2D eigenvalue weighted by molar-refractivity contribution is 0.603. The predicted octanol–water partition coefficient (Wildman–Crippen LogP) is 2.32. The van der Waals surface area contributed by atoms with Crippen LogP contribution in [0.4, 0.5) is 4.39 Å². The van der Waals surface area contributed by atoms with Crippen molar-refractivity contribution in [3.8, 4) is 0 Å². The van der Waals surface area contributed by atoms with Crippen LogP contribution in [-0.4, -0.2) is 5.71 Å². The van der Waals surface area contributed by atoms with E-state index in [9.17, 15) is 4.39 Å². The fourth-order valence-electron chi connectivity index (χ4n) is 1.07. The highest BCUT2D eigenvalue weighted by Gasteiger charge is 2.04. The van der Waals surface area contributed by atoms with Crippen LogP contribution in [-0.2, 0) is 6.54 Å². The first kappa shape index (κ1) is 12.5. The van der Waals surface area contributed by atoms with Crippen molar-refractivity contribution in [1.29, 1.82) is 5.41 Å². The highest BCUT2D eigenvalue weighted by molar-refractivity contribution is 6.31. The summed E-state index contributed by atoms with van der Waals surface area (Å²) in [4.78, 5) is 0. The number of nitrogens with two attached hydrogens (primary N) is 1. The Morgan fingerprint density at radius 2 is 2.12 bits per heavy atom. The van der Waals surface area contributed by atoms with Gasteiger partial charge < -0.3 is 16.5 Å². The van der Waals surface area contributed by atoms with Crippen molar-refractivity contribution in [3.05, 3.63) is 46.5 Å². The van der Waals surface area contributed by atoms with E-state index in [4.69, 9.17) is 22.7 Å². The van der Waals surface area contributed by atoms with E-state index in [2.05, 4.69) is 5.32 Å². The molecule has 0 aromatic heterocycles. The number of rotatable bonds is 4. The number of benzene rings is 1. The summed E-state index contributed by atoms with van der Waals surface area (Å²) in [6.45, 7) is 1.77. The summed E-state index contributed by atoms with van der Waals surface area (Å²) < 4.78 is 13.2. The molecule has 4 N–H and O–H groups in total. The standard InChI is InChI=1S/C11H13ClFN3/c1-7(14)10(15)11(12)16-6-8-4-2-3-5-9(8)13/h2-5,14,16H,6,15H2,1H3/b11-10+,14-7?. The fourth-order valence-corrected chi connectivity index (χ4v) is 1.28. The van der Waals surface area contributed by atoms with Gasteiger partial charge in [0.25, 0.3) is 0 Å². The summed E-state index contributed by atoms with van der Waals surface area (Å²) in [5, 5.41) is 10.2. The Hall–Kier alpha value is -1.55. The lowest BCUT2D eigenvalue weighted by Gasteiger charge is -2.08. The Bertz CT molecular complexity index is 429. The van der Waals surface area contributed by atoms with Gasteiger partial charge in [0.05, 0.1) is 11.4 Å². The van der Waals surface area contributed by atoms with Crippen molar-refractivity contribution in [2.24, 2.45) is 5.73 Å². The third-order valence-electron chi connectivity index (χ3n) is 2.03. The second kappa shape index (κ2) is 5.51. The zero-order valence-corrected chi connectivity index (χ0v) is 9.61. The van der Waals surface area contributed by atoms with E-state index in [-0.39, 0.29) is 28.9 Å². The number of nitrogens with one attached hydrogen (secondary N) is 2. The maximum absolute atomic E-state index is 13.2. The van der Waals surface area contributed by atoms with E-state index in [1.54, 1.807) is 18.2 Å². The van der Waals surface area contributed by atoms with Gasteiger partial charge in [0.15, 0.2) is 0 Å². The van der Waals surface area contributed by atoms with Crippen LogP contribution in [0, 0.1) is 11.2 Å². The van der Waals surface area contributed by atoms with Gasteiger partial charge in [0, 0.05) is 12.1 Å².